The summed E-state index contributed by atoms with van der Waals surface area (Å²) in [7, 11) is 0. The Balaban J connectivity index is 1.62. The molecule has 0 unspecified atom stereocenters. The van der Waals surface area contributed by atoms with Crippen LogP contribution in [0.25, 0.3) is 0 Å². The van der Waals surface area contributed by atoms with E-state index in [1.165, 1.54) is 17.2 Å². The van der Waals surface area contributed by atoms with Crippen molar-refractivity contribution in [2.24, 2.45) is 50.3 Å². The maximum atomic E-state index is 14.7. The molecule has 1 aliphatic rings. The monoisotopic (exact) mass is 1050 g/mol. The third-order valence-electron chi connectivity index (χ3n) is 12.1. The van der Waals surface area contributed by atoms with Crippen LogP contribution in [-0.4, -0.2) is 137 Å². The van der Waals surface area contributed by atoms with Crippen LogP contribution in [0.2, 0.25) is 0 Å². The summed E-state index contributed by atoms with van der Waals surface area (Å²) in [5, 5.41) is 16.2. The average molecular weight is 1050 g/mol. The van der Waals surface area contributed by atoms with E-state index in [-0.39, 0.29) is 94.5 Å². The predicted octanol–water partition coefficient (Wildman–Crippen LogP) is -2.41. The van der Waals surface area contributed by atoms with Crippen molar-refractivity contribution in [2.75, 3.05) is 19.6 Å². The Labute approximate surface area is 441 Å². The molecule has 0 spiro atoms. The zero-order valence-electron chi connectivity index (χ0n) is 42.8. The van der Waals surface area contributed by atoms with E-state index in [4.69, 9.17) is 34.4 Å². The molecule has 0 saturated carbocycles. The van der Waals surface area contributed by atoms with E-state index in [0.717, 1.165) is 5.56 Å². The number of primary amides is 2. The van der Waals surface area contributed by atoms with Crippen LogP contribution >= 0.6 is 0 Å². The van der Waals surface area contributed by atoms with Crippen molar-refractivity contribution in [3.63, 3.8) is 0 Å². The predicted molar refractivity (Wildman–Crippen MR) is 282 cm³/mol. The fraction of sp³-hybridized carbons (Fsp3) is 0.451. The molecule has 25 nitrogen and oxygen atoms in total. The largest absolute Gasteiger partial charge is 0.370 e. The lowest BCUT2D eigenvalue weighted by atomic mass is 9.99. The van der Waals surface area contributed by atoms with Crippen LogP contribution in [0.4, 0.5) is 0 Å². The topological polar surface area (TPSA) is 423 Å². The lowest BCUT2D eigenvalue weighted by Crippen LogP contribution is -2.60. The summed E-state index contributed by atoms with van der Waals surface area (Å²) in [6, 6.07) is 13.6. The normalized spacial score (nSPS) is 15.2. The zero-order chi connectivity index (χ0) is 55.7. The molecule has 1 aliphatic heterocycles. The van der Waals surface area contributed by atoms with E-state index >= 15 is 0 Å². The van der Waals surface area contributed by atoms with Gasteiger partial charge >= 0.3 is 0 Å². The molecule has 9 amide bonds. The number of carbonyl (C=O) groups is 9. The number of hydrogen-bond donors (Lipinski definition) is 12. The first-order valence-corrected chi connectivity index (χ1v) is 25.0. The standard InChI is InChI=1S/C51H72N16O9/c1-30(2)26-37(64-47(74)39(28-32-16-7-4-8-17-32)65-43(70)33-18-9-10-22-58-33)45(72)66-38(27-31-14-5-3-6-15-31)46(73)62-35(20-12-24-60-51(56)57)49(76)67-25-13-21-40(67)48(75)61-34(19-11-23-59-50(54)55)44(71)63-36(42(53)69)29-41(52)68/h3-10,14-18,22,30,34-40H,11-13,19-21,23-29H2,1-2H3,(H2,52,68)(H2,53,69)(H,61,75)(H,62,73)(H,63,71)(H,64,74)(H,65,70)(H,66,72)(H4,54,55,59)(H4,56,57,60)/t34-,35-,36-,37-,38-,39-,40-/m0/s1. The Hall–Kier alpha value is -8.64. The number of nitrogens with one attached hydrogen (secondary N) is 6. The van der Waals surface area contributed by atoms with E-state index < -0.39 is 102 Å². The fourth-order valence-electron chi connectivity index (χ4n) is 8.37. The first-order valence-electron chi connectivity index (χ1n) is 25.0. The number of hydrogen-bond acceptors (Lipinski definition) is 12. The lowest BCUT2D eigenvalue weighted by Gasteiger charge is -2.31. The third-order valence-corrected chi connectivity index (χ3v) is 12.1. The van der Waals surface area contributed by atoms with Crippen molar-refractivity contribution in [3.05, 3.63) is 102 Å². The minimum absolute atomic E-state index is 0.0263. The van der Waals surface area contributed by atoms with Gasteiger partial charge in [-0.25, -0.2) is 0 Å². The van der Waals surface area contributed by atoms with Gasteiger partial charge in [0.2, 0.25) is 47.3 Å². The third kappa shape index (κ3) is 20.3. The number of carbonyl (C=O) groups excluding carboxylic acids is 9. The molecule has 1 saturated heterocycles. The number of likely N-dealkylation sites (tertiary alicyclic amines) is 1. The molecule has 3 aromatic rings. The highest BCUT2D eigenvalue weighted by molar-refractivity contribution is 5.99. The fourth-order valence-corrected chi connectivity index (χ4v) is 8.37. The van der Waals surface area contributed by atoms with Crippen LogP contribution in [0.5, 0.6) is 0 Å². The second kappa shape index (κ2) is 30.5. The number of benzene rings is 2. The summed E-state index contributed by atoms with van der Waals surface area (Å²) in [6.45, 7) is 3.92. The van der Waals surface area contributed by atoms with Crippen molar-refractivity contribution in [2.45, 2.75) is 120 Å². The molecule has 76 heavy (non-hydrogen) atoms. The van der Waals surface area contributed by atoms with Gasteiger partial charge in [-0.05, 0) is 74.1 Å². The Bertz CT molecular complexity index is 2510. The molecule has 4 rings (SSSR count). The van der Waals surface area contributed by atoms with Crippen LogP contribution in [0.1, 0.15) is 86.8 Å². The van der Waals surface area contributed by atoms with Crippen LogP contribution in [0.15, 0.2) is 95.0 Å². The first kappa shape index (κ1) is 59.9. The number of guanidine groups is 2. The highest BCUT2D eigenvalue weighted by Gasteiger charge is 2.40. The Kier molecular flexibility index (Phi) is 24.1. The molecular weight excluding hydrogens is 981 g/mol. The molecule has 25 heteroatoms. The molecular formula is C51H72N16O9. The summed E-state index contributed by atoms with van der Waals surface area (Å²) >= 11 is 0. The number of rotatable bonds is 30. The molecule has 1 fully saturated rings. The molecule has 1 aromatic heterocycles. The quantitative estimate of drug-likeness (QED) is 0.0188. The van der Waals surface area contributed by atoms with Crippen molar-refractivity contribution < 1.29 is 43.2 Å². The van der Waals surface area contributed by atoms with Crippen LogP contribution < -0.4 is 66.3 Å². The SMILES string of the molecule is CC(C)C[C@H](NC(=O)[C@H](Cc1ccccc1)NC(=O)c1ccccn1)C(=O)N[C@@H](Cc1ccccc1)C(=O)N[C@@H](CCCN=C(N)N)C(=O)N1CCC[C@H]1C(=O)N[C@@H](CCCN=C(N)N)C(=O)N[C@@H](CC(N)=O)C(N)=O. The minimum Gasteiger partial charge on any atom is -0.370 e. The van der Waals surface area contributed by atoms with Gasteiger partial charge in [-0.15, -0.1) is 0 Å². The zero-order valence-corrected chi connectivity index (χ0v) is 42.8. The van der Waals surface area contributed by atoms with E-state index in [1.54, 1.807) is 66.7 Å². The van der Waals surface area contributed by atoms with Gasteiger partial charge in [0, 0.05) is 38.7 Å². The average Bonchev–Trinajstić information content (AvgIpc) is 3.88. The molecule has 2 aromatic carbocycles. The van der Waals surface area contributed by atoms with Crippen molar-refractivity contribution in [3.8, 4) is 0 Å². The Morgan fingerprint density at radius 2 is 1.08 bits per heavy atom. The number of aromatic nitrogens is 1. The summed E-state index contributed by atoms with van der Waals surface area (Å²) in [6.07, 6.45) is 1.80. The highest BCUT2D eigenvalue weighted by atomic mass is 16.2. The van der Waals surface area contributed by atoms with E-state index in [0.29, 0.717) is 12.0 Å². The molecule has 0 aliphatic carbocycles. The minimum atomic E-state index is -1.49. The van der Waals surface area contributed by atoms with Crippen molar-refractivity contribution in [1.29, 1.82) is 0 Å². The van der Waals surface area contributed by atoms with Gasteiger partial charge in [0.1, 0.15) is 48.0 Å². The lowest BCUT2D eigenvalue weighted by molar-refractivity contribution is -0.142. The molecule has 0 bridgehead atoms. The second-order valence-corrected chi connectivity index (χ2v) is 18.7. The molecule has 18 N–H and O–H groups in total. The summed E-state index contributed by atoms with van der Waals surface area (Å²) in [4.78, 5) is 136. The number of nitrogens with zero attached hydrogens (tertiary/aromatic N) is 4. The summed E-state index contributed by atoms with van der Waals surface area (Å²) in [5.41, 5.74) is 34.2. The molecule has 0 radical (unpaired) electrons. The van der Waals surface area contributed by atoms with Gasteiger partial charge in [0.25, 0.3) is 5.91 Å². The number of aliphatic imine (C=N–C) groups is 2. The smallest absolute Gasteiger partial charge is 0.270 e. The van der Waals surface area contributed by atoms with Gasteiger partial charge < -0.3 is 71.2 Å². The maximum absolute atomic E-state index is 14.7. The van der Waals surface area contributed by atoms with E-state index in [9.17, 15) is 43.2 Å². The second-order valence-electron chi connectivity index (χ2n) is 18.7. The van der Waals surface area contributed by atoms with Crippen LogP contribution in [0, 0.1) is 5.92 Å². The summed E-state index contributed by atoms with van der Waals surface area (Å²) < 4.78 is 0. The molecule has 7 atom stereocenters. The summed E-state index contributed by atoms with van der Waals surface area (Å²) in [5.74, 6) is -7.53. The van der Waals surface area contributed by atoms with Gasteiger partial charge in [0.15, 0.2) is 11.9 Å². The highest BCUT2D eigenvalue weighted by Crippen LogP contribution is 2.21. The van der Waals surface area contributed by atoms with Crippen LogP contribution in [0.3, 0.4) is 0 Å². The van der Waals surface area contributed by atoms with Crippen molar-refractivity contribution in [1.82, 2.24) is 41.8 Å². The van der Waals surface area contributed by atoms with Crippen molar-refractivity contribution >= 4 is 65.1 Å². The first-order chi connectivity index (χ1) is 36.2. The number of amides is 9. The van der Waals surface area contributed by atoms with Gasteiger partial charge in [0.05, 0.1) is 6.42 Å². The Morgan fingerprint density at radius 3 is 1.59 bits per heavy atom. The van der Waals surface area contributed by atoms with E-state index in [1.807, 2.05) is 19.9 Å². The van der Waals surface area contributed by atoms with Gasteiger partial charge in [-0.1, -0.05) is 80.6 Å². The Morgan fingerprint density at radius 1 is 0.592 bits per heavy atom. The number of nitrogens with two attached hydrogens (primary N) is 6. The van der Waals surface area contributed by atoms with Gasteiger partial charge in [-0.2, -0.15) is 0 Å². The van der Waals surface area contributed by atoms with Crippen LogP contribution in [-0.2, 0) is 51.2 Å². The van der Waals surface area contributed by atoms with Gasteiger partial charge in [-0.3, -0.25) is 58.1 Å². The molecule has 2 heterocycles. The van der Waals surface area contributed by atoms with E-state index in [2.05, 4.69) is 46.9 Å². The number of pyridine rings is 1. The molecule has 410 valence electrons. The maximum Gasteiger partial charge on any atom is 0.270 e.